The standard InChI is InChI=1S/C28H26ClN3O5/c1-17-4-11-21(12-5-17)32-27(34)24(29)25(28(32)35)31-20-9-7-19(8-10-20)26(33)30-15-14-18-6-13-22(36-2)23(16-18)37-3/h4-13,16,31H,14-15H2,1-3H3,(H,30,33). The molecule has 190 valence electrons. The summed E-state index contributed by atoms with van der Waals surface area (Å²) in [5.74, 6) is -0.0945. The van der Waals surface area contributed by atoms with E-state index in [0.29, 0.717) is 41.4 Å². The number of ether oxygens (including phenoxy) is 2. The van der Waals surface area contributed by atoms with Crippen molar-refractivity contribution < 1.29 is 23.9 Å². The number of anilines is 2. The van der Waals surface area contributed by atoms with Crippen molar-refractivity contribution in [3.05, 3.63) is 94.1 Å². The molecule has 0 aliphatic carbocycles. The highest BCUT2D eigenvalue weighted by molar-refractivity contribution is 6.53. The van der Waals surface area contributed by atoms with E-state index in [1.54, 1.807) is 50.6 Å². The number of nitrogens with one attached hydrogen (secondary N) is 2. The van der Waals surface area contributed by atoms with Gasteiger partial charge in [0.1, 0.15) is 10.7 Å². The average molecular weight is 520 g/mol. The fourth-order valence-corrected chi connectivity index (χ4v) is 4.06. The maximum atomic E-state index is 12.9. The van der Waals surface area contributed by atoms with Crippen LogP contribution in [0.5, 0.6) is 11.5 Å². The second kappa shape index (κ2) is 11.2. The van der Waals surface area contributed by atoms with Crippen molar-refractivity contribution in [2.75, 3.05) is 31.0 Å². The zero-order chi connectivity index (χ0) is 26.5. The molecular formula is C28H26ClN3O5. The highest BCUT2D eigenvalue weighted by Gasteiger charge is 2.38. The molecule has 37 heavy (non-hydrogen) atoms. The highest BCUT2D eigenvalue weighted by Crippen LogP contribution is 2.30. The molecule has 0 saturated heterocycles. The van der Waals surface area contributed by atoms with E-state index in [2.05, 4.69) is 10.6 Å². The lowest BCUT2D eigenvalue weighted by molar-refractivity contribution is -0.120. The SMILES string of the molecule is COc1ccc(CCNC(=O)c2ccc(NC3=C(Cl)C(=O)N(c4ccc(C)cc4)C3=O)cc2)cc1OC. The number of aryl methyl sites for hydroxylation is 1. The van der Waals surface area contributed by atoms with Gasteiger partial charge in [-0.15, -0.1) is 0 Å². The Hall–Kier alpha value is -4.30. The summed E-state index contributed by atoms with van der Waals surface area (Å²) < 4.78 is 10.6. The summed E-state index contributed by atoms with van der Waals surface area (Å²) in [5, 5.41) is 5.61. The van der Waals surface area contributed by atoms with E-state index in [0.717, 1.165) is 16.0 Å². The average Bonchev–Trinajstić information content (AvgIpc) is 3.12. The van der Waals surface area contributed by atoms with Crippen LogP contribution in [0, 0.1) is 6.92 Å². The minimum Gasteiger partial charge on any atom is -0.493 e. The summed E-state index contributed by atoms with van der Waals surface area (Å²) in [5.41, 5.74) is 3.40. The first-order valence-electron chi connectivity index (χ1n) is 11.5. The number of hydrogen-bond acceptors (Lipinski definition) is 6. The predicted molar refractivity (Wildman–Crippen MR) is 142 cm³/mol. The lowest BCUT2D eigenvalue weighted by Gasteiger charge is -2.15. The van der Waals surface area contributed by atoms with Gasteiger partial charge in [0.2, 0.25) is 0 Å². The number of halogens is 1. The normalized spacial score (nSPS) is 13.1. The molecule has 0 atom stereocenters. The van der Waals surface area contributed by atoms with Crippen molar-refractivity contribution in [3.8, 4) is 11.5 Å². The van der Waals surface area contributed by atoms with Gasteiger partial charge in [-0.3, -0.25) is 14.4 Å². The first-order valence-corrected chi connectivity index (χ1v) is 11.9. The Morgan fingerprint density at radius 2 is 1.57 bits per heavy atom. The van der Waals surface area contributed by atoms with E-state index < -0.39 is 11.8 Å². The fourth-order valence-electron chi connectivity index (χ4n) is 3.85. The van der Waals surface area contributed by atoms with Crippen molar-refractivity contribution in [2.45, 2.75) is 13.3 Å². The Morgan fingerprint density at radius 1 is 0.892 bits per heavy atom. The maximum absolute atomic E-state index is 12.9. The van der Waals surface area contributed by atoms with E-state index in [1.807, 2.05) is 37.3 Å². The quantitative estimate of drug-likeness (QED) is 0.406. The number of nitrogens with zero attached hydrogens (tertiary/aromatic N) is 1. The van der Waals surface area contributed by atoms with E-state index in [4.69, 9.17) is 21.1 Å². The predicted octanol–water partition coefficient (Wildman–Crippen LogP) is 4.42. The largest absolute Gasteiger partial charge is 0.493 e. The van der Waals surface area contributed by atoms with E-state index >= 15 is 0 Å². The molecule has 0 spiro atoms. The zero-order valence-electron chi connectivity index (χ0n) is 20.6. The van der Waals surface area contributed by atoms with Gasteiger partial charge >= 0.3 is 0 Å². The van der Waals surface area contributed by atoms with Crippen molar-refractivity contribution in [1.29, 1.82) is 0 Å². The second-order valence-electron chi connectivity index (χ2n) is 8.37. The molecule has 0 unspecified atom stereocenters. The molecule has 0 aromatic heterocycles. The Kier molecular flexibility index (Phi) is 7.79. The molecule has 1 heterocycles. The molecule has 0 fully saturated rings. The summed E-state index contributed by atoms with van der Waals surface area (Å²) in [6.07, 6.45) is 0.617. The topological polar surface area (TPSA) is 97.0 Å². The molecular weight excluding hydrogens is 494 g/mol. The second-order valence-corrected chi connectivity index (χ2v) is 8.75. The number of carbonyl (C=O) groups excluding carboxylic acids is 3. The minimum absolute atomic E-state index is 0.0145. The van der Waals surface area contributed by atoms with Crippen molar-refractivity contribution in [2.24, 2.45) is 0 Å². The fraction of sp³-hybridized carbons (Fsp3) is 0.179. The van der Waals surface area contributed by atoms with Gasteiger partial charge in [0.05, 0.1) is 19.9 Å². The summed E-state index contributed by atoms with van der Waals surface area (Å²) in [7, 11) is 3.16. The van der Waals surface area contributed by atoms with Crippen LogP contribution in [-0.4, -0.2) is 38.5 Å². The maximum Gasteiger partial charge on any atom is 0.283 e. The van der Waals surface area contributed by atoms with Gasteiger partial charge in [-0.05, 0) is 67.4 Å². The molecule has 3 aromatic carbocycles. The number of hydrogen-bond donors (Lipinski definition) is 2. The van der Waals surface area contributed by atoms with Crippen LogP contribution in [0.4, 0.5) is 11.4 Å². The monoisotopic (exact) mass is 519 g/mol. The third kappa shape index (κ3) is 5.59. The number of carbonyl (C=O) groups is 3. The molecule has 3 amide bonds. The molecule has 9 heteroatoms. The third-order valence-corrected chi connectivity index (χ3v) is 6.23. The van der Waals surface area contributed by atoms with Gasteiger partial charge in [-0.1, -0.05) is 35.4 Å². The van der Waals surface area contributed by atoms with Gasteiger partial charge in [0.25, 0.3) is 17.7 Å². The van der Waals surface area contributed by atoms with Crippen LogP contribution in [0.3, 0.4) is 0 Å². The lowest BCUT2D eigenvalue weighted by atomic mass is 10.1. The number of methoxy groups -OCH3 is 2. The molecule has 1 aliphatic rings. The lowest BCUT2D eigenvalue weighted by Crippen LogP contribution is -2.32. The molecule has 0 radical (unpaired) electrons. The van der Waals surface area contributed by atoms with Gasteiger partial charge < -0.3 is 20.1 Å². The van der Waals surface area contributed by atoms with Crippen LogP contribution in [0.15, 0.2) is 77.5 Å². The van der Waals surface area contributed by atoms with Gasteiger partial charge in [-0.25, -0.2) is 4.90 Å². The van der Waals surface area contributed by atoms with Gasteiger partial charge in [-0.2, -0.15) is 0 Å². The summed E-state index contributed by atoms with van der Waals surface area (Å²) >= 11 is 6.20. The van der Waals surface area contributed by atoms with Crippen LogP contribution in [0.2, 0.25) is 0 Å². The van der Waals surface area contributed by atoms with Crippen molar-refractivity contribution in [1.82, 2.24) is 5.32 Å². The number of imide groups is 1. The van der Waals surface area contributed by atoms with Crippen molar-refractivity contribution in [3.63, 3.8) is 0 Å². The zero-order valence-corrected chi connectivity index (χ0v) is 21.4. The van der Waals surface area contributed by atoms with Crippen molar-refractivity contribution >= 4 is 40.7 Å². The number of amides is 3. The van der Waals surface area contributed by atoms with E-state index in [9.17, 15) is 14.4 Å². The summed E-state index contributed by atoms with van der Waals surface area (Å²) in [6.45, 7) is 2.35. The Labute approximate surface area is 219 Å². The first-order chi connectivity index (χ1) is 17.8. The minimum atomic E-state index is -0.594. The highest BCUT2D eigenvalue weighted by atomic mass is 35.5. The smallest absolute Gasteiger partial charge is 0.283 e. The van der Waals surface area contributed by atoms with E-state index in [1.165, 1.54) is 0 Å². The Balaban J connectivity index is 1.35. The Bertz CT molecular complexity index is 1370. The van der Waals surface area contributed by atoms with Crippen LogP contribution in [0.25, 0.3) is 0 Å². The number of benzene rings is 3. The molecule has 3 aromatic rings. The first kappa shape index (κ1) is 25.8. The van der Waals surface area contributed by atoms with Gasteiger partial charge in [0.15, 0.2) is 11.5 Å². The van der Waals surface area contributed by atoms with Crippen LogP contribution >= 0.6 is 11.6 Å². The molecule has 0 bridgehead atoms. The van der Waals surface area contributed by atoms with Gasteiger partial charge in [0, 0.05) is 17.8 Å². The van der Waals surface area contributed by atoms with E-state index in [-0.39, 0.29) is 16.6 Å². The molecule has 1 aliphatic heterocycles. The molecule has 8 nitrogen and oxygen atoms in total. The third-order valence-electron chi connectivity index (χ3n) is 5.88. The summed E-state index contributed by atoms with van der Waals surface area (Å²) in [6, 6.07) is 19.2. The van der Waals surface area contributed by atoms with Crippen LogP contribution in [0.1, 0.15) is 21.5 Å². The Morgan fingerprint density at radius 3 is 2.22 bits per heavy atom. The number of rotatable bonds is 9. The van der Waals surface area contributed by atoms with Crippen LogP contribution in [-0.2, 0) is 16.0 Å². The van der Waals surface area contributed by atoms with Crippen LogP contribution < -0.4 is 25.0 Å². The molecule has 4 rings (SSSR count). The molecule has 2 N–H and O–H groups in total. The summed E-state index contributed by atoms with van der Waals surface area (Å²) in [4.78, 5) is 39.2. The molecule has 0 saturated carbocycles.